The van der Waals surface area contributed by atoms with E-state index in [2.05, 4.69) is 10.6 Å². The number of furan rings is 1. The van der Waals surface area contributed by atoms with Gasteiger partial charge >= 0.3 is 0 Å². The molecule has 1 heterocycles. The lowest BCUT2D eigenvalue weighted by Crippen LogP contribution is -2.33. The molecule has 0 aliphatic rings. The Morgan fingerprint density at radius 2 is 1.82 bits per heavy atom. The maximum Gasteiger partial charge on any atom is 0.250 e. The monoisotopic (exact) mass is 502 g/mol. The Kier molecular flexibility index (Phi) is 7.52. The maximum absolute atomic E-state index is 12.3. The van der Waals surface area contributed by atoms with Crippen LogP contribution in [-0.2, 0) is 10.2 Å². The van der Waals surface area contributed by atoms with E-state index in [9.17, 15) is 9.90 Å². The number of rotatable bonds is 4. The molecule has 0 bridgehead atoms. The molecule has 0 aliphatic carbocycles. The predicted molar refractivity (Wildman–Crippen MR) is 139 cm³/mol. The highest BCUT2D eigenvalue weighted by molar-refractivity contribution is 7.80. The van der Waals surface area contributed by atoms with Crippen molar-refractivity contribution >= 4 is 58.2 Å². The van der Waals surface area contributed by atoms with Gasteiger partial charge in [0.05, 0.1) is 10.7 Å². The first-order valence-corrected chi connectivity index (χ1v) is 11.3. The average molecular weight is 503 g/mol. The second-order valence-corrected chi connectivity index (χ2v) is 9.77. The summed E-state index contributed by atoms with van der Waals surface area (Å²) in [6.07, 6.45) is 2.84. The number of nitrogens with one attached hydrogen (secondary N) is 2. The van der Waals surface area contributed by atoms with E-state index >= 15 is 0 Å². The van der Waals surface area contributed by atoms with Gasteiger partial charge in [-0.25, -0.2) is 0 Å². The summed E-state index contributed by atoms with van der Waals surface area (Å²) in [5.41, 5.74) is 2.86. The van der Waals surface area contributed by atoms with Gasteiger partial charge in [-0.2, -0.15) is 0 Å². The first-order chi connectivity index (χ1) is 15.4. The molecule has 8 heteroatoms. The van der Waals surface area contributed by atoms with Gasteiger partial charge in [-0.1, -0.05) is 56.1 Å². The number of hydrogen-bond acceptors (Lipinski definition) is 4. The van der Waals surface area contributed by atoms with E-state index in [1.165, 1.54) is 12.2 Å². The topological polar surface area (TPSA) is 74.5 Å². The van der Waals surface area contributed by atoms with Crippen LogP contribution in [0, 0.1) is 6.92 Å². The van der Waals surface area contributed by atoms with Gasteiger partial charge in [-0.3, -0.25) is 10.1 Å². The summed E-state index contributed by atoms with van der Waals surface area (Å²) in [4.78, 5) is 12.3. The van der Waals surface area contributed by atoms with Crippen molar-refractivity contribution in [2.45, 2.75) is 33.1 Å². The van der Waals surface area contributed by atoms with E-state index in [0.29, 0.717) is 22.2 Å². The zero-order valence-corrected chi connectivity index (χ0v) is 21.0. The van der Waals surface area contributed by atoms with E-state index in [1.807, 2.05) is 45.9 Å². The lowest BCUT2D eigenvalue weighted by atomic mass is 9.87. The molecular formula is C25H24Cl2N2O3S. The molecule has 3 aromatic rings. The van der Waals surface area contributed by atoms with Crippen LogP contribution in [0.15, 0.2) is 53.0 Å². The number of phenolic OH excluding ortho intramolecular Hbond substituents is 1. The average Bonchev–Trinajstić information content (AvgIpc) is 3.20. The van der Waals surface area contributed by atoms with Crippen molar-refractivity contribution in [3.05, 3.63) is 75.5 Å². The van der Waals surface area contributed by atoms with Crippen LogP contribution in [0.5, 0.6) is 5.75 Å². The van der Waals surface area contributed by atoms with Crippen LogP contribution < -0.4 is 10.6 Å². The van der Waals surface area contributed by atoms with Crippen molar-refractivity contribution in [1.29, 1.82) is 0 Å². The van der Waals surface area contributed by atoms with Crippen molar-refractivity contribution in [3.63, 3.8) is 0 Å². The molecule has 0 atom stereocenters. The quantitative estimate of drug-likeness (QED) is 0.201. The molecule has 3 rings (SSSR count). The Bertz CT molecular complexity index is 1240. The Morgan fingerprint density at radius 3 is 2.48 bits per heavy atom. The summed E-state index contributed by atoms with van der Waals surface area (Å²) in [7, 11) is 0. The van der Waals surface area contributed by atoms with E-state index in [1.54, 1.807) is 24.3 Å². The summed E-state index contributed by atoms with van der Waals surface area (Å²) in [6.45, 7) is 8.01. The first-order valence-electron chi connectivity index (χ1n) is 10.1. The molecule has 0 spiro atoms. The lowest BCUT2D eigenvalue weighted by Gasteiger charge is -2.21. The summed E-state index contributed by atoms with van der Waals surface area (Å²) in [5, 5.41) is 16.5. The highest BCUT2D eigenvalue weighted by Gasteiger charge is 2.19. The Hall–Kier alpha value is -2.80. The predicted octanol–water partition coefficient (Wildman–Crippen LogP) is 7.09. The molecule has 0 saturated carbocycles. The molecule has 172 valence electrons. The number of benzene rings is 2. The molecule has 2 aromatic carbocycles. The molecule has 1 aromatic heterocycles. The molecule has 0 saturated heterocycles. The minimum atomic E-state index is -0.457. The van der Waals surface area contributed by atoms with Gasteiger partial charge in [0.25, 0.3) is 0 Å². The van der Waals surface area contributed by atoms with Crippen molar-refractivity contribution in [1.82, 2.24) is 5.32 Å². The molecule has 0 aliphatic heterocycles. The van der Waals surface area contributed by atoms with Crippen LogP contribution in [0.4, 0.5) is 5.69 Å². The van der Waals surface area contributed by atoms with Crippen LogP contribution in [0.1, 0.15) is 37.7 Å². The van der Waals surface area contributed by atoms with Crippen molar-refractivity contribution in [2.75, 3.05) is 5.32 Å². The molecule has 0 fully saturated rings. The summed E-state index contributed by atoms with van der Waals surface area (Å²) >= 11 is 17.5. The fourth-order valence-corrected chi connectivity index (χ4v) is 3.55. The highest BCUT2D eigenvalue weighted by atomic mass is 35.5. The summed E-state index contributed by atoms with van der Waals surface area (Å²) < 4.78 is 5.77. The highest BCUT2D eigenvalue weighted by Crippen LogP contribution is 2.37. The molecule has 3 N–H and O–H groups in total. The van der Waals surface area contributed by atoms with Gasteiger partial charge in [0, 0.05) is 16.7 Å². The fourth-order valence-electron chi connectivity index (χ4n) is 2.94. The lowest BCUT2D eigenvalue weighted by molar-refractivity contribution is -0.115. The largest absolute Gasteiger partial charge is 0.504 e. The van der Waals surface area contributed by atoms with Gasteiger partial charge in [-0.05, 0) is 72.1 Å². The Balaban J connectivity index is 1.64. The second-order valence-electron chi connectivity index (χ2n) is 8.55. The summed E-state index contributed by atoms with van der Waals surface area (Å²) in [6, 6.07) is 12.7. The number of carbonyl (C=O) groups excluding carboxylic acids is 1. The minimum Gasteiger partial charge on any atom is -0.504 e. The van der Waals surface area contributed by atoms with Gasteiger partial charge in [0.15, 0.2) is 10.9 Å². The van der Waals surface area contributed by atoms with Crippen LogP contribution >= 0.6 is 35.4 Å². The van der Waals surface area contributed by atoms with E-state index in [-0.39, 0.29) is 21.3 Å². The second kappa shape index (κ2) is 10.00. The van der Waals surface area contributed by atoms with Crippen LogP contribution in [0.25, 0.3) is 17.4 Å². The van der Waals surface area contributed by atoms with Crippen LogP contribution in [0.2, 0.25) is 10.0 Å². The summed E-state index contributed by atoms with van der Waals surface area (Å²) in [5.74, 6) is 0.538. The first kappa shape index (κ1) is 24.8. The minimum absolute atomic E-state index is 0.0245. The van der Waals surface area contributed by atoms with Gasteiger partial charge in [0.1, 0.15) is 11.5 Å². The molecule has 0 unspecified atom stereocenters. The number of aryl methyl sites for hydroxylation is 1. The standard InChI is InChI=1S/C25H24Cl2N2O3S/c1-14-5-6-15(11-18(14)26)21-9-7-17(32-21)8-10-22(30)29-24(33)28-20-13-16(25(2,3)4)12-19(27)23(20)31/h5-13,31H,1-4H3,(H2,28,29,30,33)/b10-8+. The molecule has 5 nitrogen and oxygen atoms in total. The maximum atomic E-state index is 12.3. The number of thiocarbonyl (C=S) groups is 1. The number of aromatic hydroxyl groups is 1. The van der Waals surface area contributed by atoms with Crippen molar-refractivity contribution < 1.29 is 14.3 Å². The molecule has 33 heavy (non-hydrogen) atoms. The number of carbonyl (C=O) groups is 1. The number of halogens is 2. The van der Waals surface area contributed by atoms with E-state index in [0.717, 1.165) is 16.7 Å². The third-order valence-corrected chi connectivity index (χ3v) is 5.80. The third-order valence-electron chi connectivity index (χ3n) is 4.90. The van der Waals surface area contributed by atoms with Crippen LogP contribution in [0.3, 0.4) is 0 Å². The smallest absolute Gasteiger partial charge is 0.250 e. The van der Waals surface area contributed by atoms with Gasteiger partial charge in [-0.15, -0.1) is 0 Å². The van der Waals surface area contributed by atoms with Gasteiger partial charge < -0.3 is 14.8 Å². The van der Waals surface area contributed by atoms with Crippen molar-refractivity contribution in [3.8, 4) is 17.1 Å². The number of hydrogen-bond donors (Lipinski definition) is 3. The molecule has 1 amide bonds. The van der Waals surface area contributed by atoms with E-state index in [4.69, 9.17) is 39.8 Å². The zero-order chi connectivity index (χ0) is 24.3. The van der Waals surface area contributed by atoms with E-state index < -0.39 is 5.91 Å². The third kappa shape index (κ3) is 6.38. The Morgan fingerprint density at radius 1 is 1.09 bits per heavy atom. The number of phenols is 1. The van der Waals surface area contributed by atoms with Gasteiger partial charge in [0.2, 0.25) is 5.91 Å². The molecular weight excluding hydrogens is 479 g/mol. The fraction of sp³-hybridized carbons (Fsp3) is 0.200. The zero-order valence-electron chi connectivity index (χ0n) is 18.6. The van der Waals surface area contributed by atoms with Crippen molar-refractivity contribution in [2.24, 2.45) is 0 Å². The Labute approximate surface area is 208 Å². The number of anilines is 1. The molecule has 0 radical (unpaired) electrons. The normalized spacial score (nSPS) is 11.6. The number of amides is 1. The van der Waals surface area contributed by atoms with Crippen LogP contribution in [-0.4, -0.2) is 16.1 Å². The SMILES string of the molecule is Cc1ccc(-c2ccc(/C=C/C(=O)NC(=S)Nc3cc(C(C)(C)C)cc(Cl)c3O)o2)cc1Cl.